The van der Waals surface area contributed by atoms with Gasteiger partial charge in [-0.2, -0.15) is 5.10 Å². The average Bonchev–Trinajstić information content (AvgIpc) is 2.32. The van der Waals surface area contributed by atoms with Gasteiger partial charge < -0.3 is 10.2 Å². The number of hydrogen-bond acceptors (Lipinski definition) is 4. The standard InChI is InChI=1S/C13H18N2O3/c1-3-4-9(2)8-14-15-13(18)11-7-10(16)5-6-12(11)17/h5-9,16-17H,3-4H2,1-2H3,(H,15,18)/b14-8-/t9-/m1/s1. The summed E-state index contributed by atoms with van der Waals surface area (Å²) >= 11 is 0. The van der Waals surface area contributed by atoms with Crippen LogP contribution in [0.25, 0.3) is 0 Å². The first-order valence-electron chi connectivity index (χ1n) is 5.90. The molecule has 3 N–H and O–H groups in total. The van der Waals surface area contributed by atoms with E-state index in [0.29, 0.717) is 0 Å². The third-order valence-electron chi connectivity index (χ3n) is 2.46. The predicted octanol–water partition coefficient (Wildman–Crippen LogP) is 2.25. The van der Waals surface area contributed by atoms with E-state index in [1.165, 1.54) is 18.2 Å². The molecule has 5 nitrogen and oxygen atoms in total. The Hall–Kier alpha value is -2.04. The van der Waals surface area contributed by atoms with Crippen LogP contribution in [0.2, 0.25) is 0 Å². The fourth-order valence-electron chi connectivity index (χ4n) is 1.52. The number of benzene rings is 1. The highest BCUT2D eigenvalue weighted by Crippen LogP contribution is 2.21. The second-order valence-electron chi connectivity index (χ2n) is 4.19. The second-order valence-corrected chi connectivity index (χ2v) is 4.19. The summed E-state index contributed by atoms with van der Waals surface area (Å²) in [7, 11) is 0. The Kier molecular flexibility index (Phi) is 5.17. The van der Waals surface area contributed by atoms with E-state index < -0.39 is 5.91 Å². The van der Waals surface area contributed by atoms with Crippen molar-refractivity contribution in [1.82, 2.24) is 5.43 Å². The van der Waals surface area contributed by atoms with Crippen LogP contribution >= 0.6 is 0 Å². The smallest absolute Gasteiger partial charge is 0.275 e. The zero-order chi connectivity index (χ0) is 13.5. The van der Waals surface area contributed by atoms with Gasteiger partial charge in [0.05, 0.1) is 5.56 Å². The topological polar surface area (TPSA) is 81.9 Å². The van der Waals surface area contributed by atoms with Gasteiger partial charge in [-0.25, -0.2) is 5.43 Å². The summed E-state index contributed by atoms with van der Waals surface area (Å²) in [6, 6.07) is 3.75. The number of rotatable bonds is 5. The van der Waals surface area contributed by atoms with Crippen molar-refractivity contribution in [3.05, 3.63) is 23.8 Å². The number of phenolic OH excluding ortho intramolecular Hbond substituents is 2. The van der Waals surface area contributed by atoms with E-state index in [9.17, 15) is 15.0 Å². The lowest BCUT2D eigenvalue weighted by atomic mass is 10.1. The second kappa shape index (κ2) is 6.64. The first-order valence-corrected chi connectivity index (χ1v) is 5.90. The highest BCUT2D eigenvalue weighted by atomic mass is 16.3. The number of carbonyl (C=O) groups is 1. The molecule has 0 radical (unpaired) electrons. The maximum atomic E-state index is 11.7. The van der Waals surface area contributed by atoms with Gasteiger partial charge in [-0.3, -0.25) is 4.79 Å². The number of nitrogens with zero attached hydrogens (tertiary/aromatic N) is 1. The molecular formula is C13H18N2O3. The van der Waals surface area contributed by atoms with Crippen LogP contribution in [0, 0.1) is 5.92 Å². The molecule has 1 rings (SSSR count). The maximum absolute atomic E-state index is 11.7. The molecule has 1 atom stereocenters. The van der Waals surface area contributed by atoms with Gasteiger partial charge in [0.15, 0.2) is 0 Å². The Morgan fingerprint density at radius 1 is 1.50 bits per heavy atom. The molecule has 0 aliphatic heterocycles. The average molecular weight is 250 g/mol. The van der Waals surface area contributed by atoms with Crippen LogP contribution in [0.3, 0.4) is 0 Å². The number of hydrogen-bond donors (Lipinski definition) is 3. The van der Waals surface area contributed by atoms with Gasteiger partial charge in [0.2, 0.25) is 0 Å². The molecule has 0 aliphatic carbocycles. The van der Waals surface area contributed by atoms with Gasteiger partial charge in [0.1, 0.15) is 11.5 Å². The number of amides is 1. The minimum atomic E-state index is -0.552. The van der Waals surface area contributed by atoms with Crippen molar-refractivity contribution in [3.63, 3.8) is 0 Å². The summed E-state index contributed by atoms with van der Waals surface area (Å²) in [5.41, 5.74) is 2.31. The fourth-order valence-corrected chi connectivity index (χ4v) is 1.52. The summed E-state index contributed by atoms with van der Waals surface area (Å²) in [5.74, 6) is -0.542. The van der Waals surface area contributed by atoms with Crippen LogP contribution < -0.4 is 5.43 Å². The van der Waals surface area contributed by atoms with E-state index in [0.717, 1.165) is 12.8 Å². The molecular weight excluding hydrogens is 232 g/mol. The maximum Gasteiger partial charge on any atom is 0.275 e. The molecule has 0 aliphatic rings. The summed E-state index contributed by atoms with van der Waals surface area (Å²) in [4.78, 5) is 11.7. The van der Waals surface area contributed by atoms with Gasteiger partial charge >= 0.3 is 0 Å². The van der Waals surface area contributed by atoms with Crippen molar-refractivity contribution in [2.75, 3.05) is 0 Å². The van der Waals surface area contributed by atoms with Gasteiger partial charge in [-0.1, -0.05) is 20.3 Å². The Morgan fingerprint density at radius 2 is 2.22 bits per heavy atom. The van der Waals surface area contributed by atoms with E-state index in [-0.39, 0.29) is 23.0 Å². The van der Waals surface area contributed by atoms with Crippen LogP contribution in [0.15, 0.2) is 23.3 Å². The van der Waals surface area contributed by atoms with Gasteiger partial charge in [0.25, 0.3) is 5.91 Å². The predicted molar refractivity (Wildman–Crippen MR) is 69.8 cm³/mol. The minimum absolute atomic E-state index is 0.00436. The lowest BCUT2D eigenvalue weighted by Gasteiger charge is -2.05. The Balaban J connectivity index is 2.63. The Morgan fingerprint density at radius 3 is 2.89 bits per heavy atom. The highest BCUT2D eigenvalue weighted by molar-refractivity contribution is 5.97. The van der Waals surface area contributed by atoms with Crippen molar-refractivity contribution >= 4 is 12.1 Å². The number of phenols is 2. The van der Waals surface area contributed by atoms with Crippen LogP contribution in [0.1, 0.15) is 37.0 Å². The van der Waals surface area contributed by atoms with Crippen molar-refractivity contribution in [2.45, 2.75) is 26.7 Å². The van der Waals surface area contributed by atoms with Crippen molar-refractivity contribution in [1.29, 1.82) is 0 Å². The quantitative estimate of drug-likeness (QED) is 0.426. The molecule has 0 bridgehead atoms. The molecule has 0 aromatic heterocycles. The summed E-state index contributed by atoms with van der Waals surface area (Å²) in [5, 5.41) is 22.5. The summed E-state index contributed by atoms with van der Waals surface area (Å²) < 4.78 is 0. The van der Waals surface area contributed by atoms with Crippen LogP contribution in [-0.2, 0) is 0 Å². The highest BCUT2D eigenvalue weighted by Gasteiger charge is 2.11. The van der Waals surface area contributed by atoms with Gasteiger partial charge in [-0.05, 0) is 30.5 Å². The molecule has 0 spiro atoms. The molecule has 1 aromatic rings. The first-order chi connectivity index (χ1) is 8.54. The number of aromatic hydroxyl groups is 2. The minimum Gasteiger partial charge on any atom is -0.508 e. The molecule has 0 saturated heterocycles. The molecule has 5 heteroatoms. The van der Waals surface area contributed by atoms with Crippen LogP contribution in [0.4, 0.5) is 0 Å². The van der Waals surface area contributed by atoms with Crippen molar-refractivity contribution in [2.24, 2.45) is 11.0 Å². The molecule has 18 heavy (non-hydrogen) atoms. The molecule has 0 unspecified atom stereocenters. The van der Waals surface area contributed by atoms with Crippen molar-refractivity contribution in [3.8, 4) is 11.5 Å². The lowest BCUT2D eigenvalue weighted by molar-refractivity contribution is 0.0952. The zero-order valence-corrected chi connectivity index (χ0v) is 10.6. The van der Waals surface area contributed by atoms with E-state index in [2.05, 4.69) is 17.5 Å². The van der Waals surface area contributed by atoms with Crippen molar-refractivity contribution < 1.29 is 15.0 Å². The summed E-state index contributed by atoms with van der Waals surface area (Å²) in [6.45, 7) is 4.08. The monoisotopic (exact) mass is 250 g/mol. The molecule has 1 amide bonds. The Bertz CT molecular complexity index is 444. The third kappa shape index (κ3) is 4.08. The molecule has 1 aromatic carbocycles. The van der Waals surface area contributed by atoms with E-state index in [1.54, 1.807) is 6.21 Å². The number of nitrogens with one attached hydrogen (secondary N) is 1. The normalized spacial score (nSPS) is 12.6. The van der Waals surface area contributed by atoms with E-state index in [1.807, 2.05) is 6.92 Å². The fraction of sp³-hybridized carbons (Fsp3) is 0.385. The molecule has 0 heterocycles. The van der Waals surface area contributed by atoms with E-state index >= 15 is 0 Å². The largest absolute Gasteiger partial charge is 0.508 e. The SMILES string of the molecule is CCC[C@@H](C)/C=N\NC(=O)c1cc(O)ccc1O. The lowest BCUT2D eigenvalue weighted by Crippen LogP contribution is -2.18. The molecule has 98 valence electrons. The van der Waals surface area contributed by atoms with Gasteiger partial charge in [0, 0.05) is 6.21 Å². The number of hydrazone groups is 1. The third-order valence-corrected chi connectivity index (χ3v) is 2.46. The van der Waals surface area contributed by atoms with E-state index in [4.69, 9.17) is 0 Å². The molecule has 0 fully saturated rings. The zero-order valence-electron chi connectivity index (χ0n) is 10.6. The van der Waals surface area contributed by atoms with Crippen LogP contribution in [-0.4, -0.2) is 22.3 Å². The van der Waals surface area contributed by atoms with Crippen LogP contribution in [0.5, 0.6) is 11.5 Å². The summed E-state index contributed by atoms with van der Waals surface area (Å²) in [6.07, 6.45) is 3.70. The number of carbonyl (C=O) groups excluding carboxylic acids is 1. The van der Waals surface area contributed by atoms with Gasteiger partial charge in [-0.15, -0.1) is 0 Å². The Labute approximate surface area is 106 Å². The molecule has 0 saturated carbocycles. The first kappa shape index (κ1) is 14.0.